The van der Waals surface area contributed by atoms with E-state index in [1.165, 1.54) is 17.4 Å². The Balaban J connectivity index is 1.26. The molecule has 0 bridgehead atoms. The molecule has 2 amide bonds. The molecule has 0 spiro atoms. The number of aromatic nitrogens is 2. The van der Waals surface area contributed by atoms with Gasteiger partial charge in [-0.3, -0.25) is 5.32 Å². The van der Waals surface area contributed by atoms with Gasteiger partial charge in [-0.1, -0.05) is 41.7 Å². The molecule has 0 radical (unpaired) electrons. The van der Waals surface area contributed by atoms with E-state index < -0.39 is 11.7 Å². The number of alkyl halides is 3. The number of thiazole rings is 1. The first-order chi connectivity index (χ1) is 14.9. The minimum atomic E-state index is -4.39. The number of carbonyl (C=O) groups is 1. The third-order valence-corrected chi connectivity index (χ3v) is 5.98. The van der Waals surface area contributed by atoms with Gasteiger partial charge in [-0.2, -0.15) is 13.2 Å². The number of anilines is 2. The van der Waals surface area contributed by atoms with Crippen LogP contribution >= 0.6 is 11.3 Å². The largest absolute Gasteiger partial charge is 0.417 e. The standard InChI is InChI=1S/C21H20F3N5OS/c22-21(23,24)15-6-7-18(25-12-15)29-10-8-16(9-11-29)27-19(30)28-20-26-13-17(31-20)14-4-2-1-3-5-14/h1-7,12-13,16H,8-11H2,(H2,26,27,28,30). The van der Waals surface area contributed by atoms with Gasteiger partial charge in [0.05, 0.1) is 10.4 Å². The topological polar surface area (TPSA) is 70.2 Å². The smallest absolute Gasteiger partial charge is 0.356 e. The lowest BCUT2D eigenvalue weighted by molar-refractivity contribution is -0.137. The number of urea groups is 1. The van der Waals surface area contributed by atoms with E-state index >= 15 is 0 Å². The second kappa shape index (κ2) is 8.93. The maximum atomic E-state index is 12.7. The lowest BCUT2D eigenvalue weighted by Gasteiger charge is -2.33. The number of hydrogen-bond donors (Lipinski definition) is 2. The third kappa shape index (κ3) is 5.32. The second-order valence-corrected chi connectivity index (χ2v) is 8.19. The van der Waals surface area contributed by atoms with E-state index in [4.69, 9.17) is 0 Å². The highest BCUT2D eigenvalue weighted by molar-refractivity contribution is 7.19. The van der Waals surface area contributed by atoms with Crippen LogP contribution in [0.25, 0.3) is 10.4 Å². The van der Waals surface area contributed by atoms with Crippen molar-refractivity contribution in [3.63, 3.8) is 0 Å². The maximum absolute atomic E-state index is 12.7. The molecule has 1 aliphatic rings. The van der Waals surface area contributed by atoms with Crippen molar-refractivity contribution in [2.45, 2.75) is 25.1 Å². The molecular formula is C21H20F3N5OS. The first-order valence-corrected chi connectivity index (χ1v) is 10.6. The van der Waals surface area contributed by atoms with Crippen LogP contribution in [-0.4, -0.2) is 35.1 Å². The molecule has 0 atom stereocenters. The molecule has 3 heterocycles. The van der Waals surface area contributed by atoms with Crippen LogP contribution in [0.3, 0.4) is 0 Å². The van der Waals surface area contributed by atoms with Crippen molar-refractivity contribution in [1.82, 2.24) is 15.3 Å². The molecule has 0 saturated carbocycles. The van der Waals surface area contributed by atoms with Gasteiger partial charge in [-0.05, 0) is 30.5 Å². The number of nitrogens with zero attached hydrogens (tertiary/aromatic N) is 3. The number of piperidine rings is 1. The number of benzene rings is 1. The summed E-state index contributed by atoms with van der Waals surface area (Å²) in [5.74, 6) is 0.507. The Morgan fingerprint density at radius 2 is 1.77 bits per heavy atom. The predicted molar refractivity (Wildman–Crippen MR) is 114 cm³/mol. The Hall–Kier alpha value is -3.14. The van der Waals surface area contributed by atoms with Crippen LogP contribution in [0.2, 0.25) is 0 Å². The molecule has 3 aromatic rings. The van der Waals surface area contributed by atoms with Crippen LogP contribution in [0, 0.1) is 0 Å². The molecule has 10 heteroatoms. The van der Waals surface area contributed by atoms with E-state index in [9.17, 15) is 18.0 Å². The zero-order valence-corrected chi connectivity index (χ0v) is 17.2. The molecule has 6 nitrogen and oxygen atoms in total. The van der Waals surface area contributed by atoms with Crippen LogP contribution in [-0.2, 0) is 6.18 Å². The van der Waals surface area contributed by atoms with Crippen molar-refractivity contribution in [3.8, 4) is 10.4 Å². The van der Waals surface area contributed by atoms with E-state index in [1.807, 2.05) is 35.2 Å². The molecule has 0 unspecified atom stereocenters. The summed E-state index contributed by atoms with van der Waals surface area (Å²) in [4.78, 5) is 23.4. The summed E-state index contributed by atoms with van der Waals surface area (Å²) < 4.78 is 38.0. The molecule has 1 fully saturated rings. The van der Waals surface area contributed by atoms with Crippen LogP contribution in [0.4, 0.5) is 28.9 Å². The van der Waals surface area contributed by atoms with Gasteiger partial charge in [0.25, 0.3) is 0 Å². The summed E-state index contributed by atoms with van der Waals surface area (Å²) in [6, 6.07) is 11.9. The Kier molecular flexibility index (Phi) is 6.08. The van der Waals surface area contributed by atoms with Crippen molar-refractivity contribution in [3.05, 3.63) is 60.4 Å². The number of halogens is 3. The van der Waals surface area contributed by atoms with Gasteiger partial charge in [0.1, 0.15) is 5.82 Å². The summed E-state index contributed by atoms with van der Waals surface area (Å²) in [6.45, 7) is 1.19. The van der Waals surface area contributed by atoms with Crippen molar-refractivity contribution < 1.29 is 18.0 Å². The monoisotopic (exact) mass is 447 g/mol. The van der Waals surface area contributed by atoms with Gasteiger partial charge < -0.3 is 10.2 Å². The van der Waals surface area contributed by atoms with E-state index in [1.54, 1.807) is 6.20 Å². The van der Waals surface area contributed by atoms with Gasteiger partial charge in [-0.25, -0.2) is 14.8 Å². The Bertz CT molecular complexity index is 1020. The lowest BCUT2D eigenvalue weighted by atomic mass is 10.1. The van der Waals surface area contributed by atoms with Gasteiger partial charge in [-0.15, -0.1) is 0 Å². The van der Waals surface area contributed by atoms with Crippen LogP contribution < -0.4 is 15.5 Å². The first-order valence-electron chi connectivity index (χ1n) is 9.75. The minimum Gasteiger partial charge on any atom is -0.356 e. The van der Waals surface area contributed by atoms with Gasteiger partial charge in [0.2, 0.25) is 0 Å². The van der Waals surface area contributed by atoms with Crippen LogP contribution in [0.15, 0.2) is 54.9 Å². The zero-order chi connectivity index (χ0) is 21.8. The first kappa shape index (κ1) is 21.1. The molecule has 0 aliphatic carbocycles. The number of hydrogen-bond acceptors (Lipinski definition) is 5. The average Bonchev–Trinajstić information content (AvgIpc) is 3.23. The predicted octanol–water partition coefficient (Wildman–Crippen LogP) is 5.01. The minimum absolute atomic E-state index is 0.0285. The lowest BCUT2D eigenvalue weighted by Crippen LogP contribution is -2.46. The highest BCUT2D eigenvalue weighted by atomic mass is 32.1. The van der Waals surface area contributed by atoms with Crippen molar-refractivity contribution >= 4 is 28.3 Å². The van der Waals surface area contributed by atoms with Crippen molar-refractivity contribution in [2.24, 2.45) is 0 Å². The van der Waals surface area contributed by atoms with Crippen LogP contribution in [0.1, 0.15) is 18.4 Å². The molecular weight excluding hydrogens is 427 g/mol. The van der Waals surface area contributed by atoms with Crippen molar-refractivity contribution in [2.75, 3.05) is 23.3 Å². The van der Waals surface area contributed by atoms with Gasteiger partial charge in [0.15, 0.2) is 5.13 Å². The molecule has 1 saturated heterocycles. The third-order valence-electron chi connectivity index (χ3n) is 5.01. The van der Waals surface area contributed by atoms with Gasteiger partial charge >= 0.3 is 12.2 Å². The molecule has 31 heavy (non-hydrogen) atoms. The molecule has 162 valence electrons. The average molecular weight is 447 g/mol. The van der Waals surface area contributed by atoms with E-state index in [-0.39, 0.29) is 12.1 Å². The van der Waals surface area contributed by atoms with Crippen LogP contribution in [0.5, 0.6) is 0 Å². The van der Waals surface area contributed by atoms with Crippen molar-refractivity contribution in [1.29, 1.82) is 0 Å². The Morgan fingerprint density at radius 3 is 2.42 bits per heavy atom. The fourth-order valence-electron chi connectivity index (χ4n) is 3.38. The SMILES string of the molecule is O=C(Nc1ncc(-c2ccccc2)s1)NC1CCN(c2ccc(C(F)(F)F)cn2)CC1. The van der Waals surface area contributed by atoms with E-state index in [2.05, 4.69) is 20.6 Å². The molecule has 2 N–H and O–H groups in total. The fourth-order valence-corrected chi connectivity index (χ4v) is 4.20. The number of amides is 2. The highest BCUT2D eigenvalue weighted by Gasteiger charge is 2.31. The summed E-state index contributed by atoms with van der Waals surface area (Å²) in [7, 11) is 0. The maximum Gasteiger partial charge on any atom is 0.417 e. The number of rotatable bonds is 4. The highest BCUT2D eigenvalue weighted by Crippen LogP contribution is 2.30. The molecule has 1 aliphatic heterocycles. The summed E-state index contributed by atoms with van der Waals surface area (Å²) in [6.07, 6.45) is -0.475. The summed E-state index contributed by atoms with van der Waals surface area (Å²) in [5.41, 5.74) is 0.278. The zero-order valence-electron chi connectivity index (χ0n) is 16.4. The number of carbonyl (C=O) groups excluding carboxylic acids is 1. The normalized spacial score (nSPS) is 15.0. The number of nitrogens with one attached hydrogen (secondary N) is 2. The quantitative estimate of drug-likeness (QED) is 0.590. The summed E-state index contributed by atoms with van der Waals surface area (Å²) in [5, 5.41) is 6.22. The summed E-state index contributed by atoms with van der Waals surface area (Å²) >= 11 is 1.40. The Morgan fingerprint density at radius 1 is 1.03 bits per heavy atom. The second-order valence-electron chi connectivity index (χ2n) is 7.16. The van der Waals surface area contributed by atoms with E-state index in [0.29, 0.717) is 36.9 Å². The number of pyridine rings is 1. The molecule has 2 aromatic heterocycles. The fraction of sp³-hybridized carbons (Fsp3) is 0.286. The molecule has 4 rings (SSSR count). The van der Waals surface area contributed by atoms with E-state index in [0.717, 1.165) is 22.7 Å². The van der Waals surface area contributed by atoms with Gasteiger partial charge in [0, 0.05) is 31.5 Å². The Labute approximate surface area is 181 Å². The molecule has 1 aromatic carbocycles.